The van der Waals surface area contributed by atoms with Crippen LogP contribution in [0.2, 0.25) is 5.02 Å². The normalized spacial score (nSPS) is 11.0. The Morgan fingerprint density at radius 2 is 1.59 bits per heavy atom. The van der Waals surface area contributed by atoms with Gasteiger partial charge in [0.15, 0.2) is 0 Å². The SMILES string of the molecule is Clc1ccc(OCCCn2c(Cc3ccccc3)nc3ccccc32)cc1. The van der Waals surface area contributed by atoms with Crippen LogP contribution in [-0.2, 0) is 13.0 Å². The van der Waals surface area contributed by atoms with Gasteiger partial charge in [0.2, 0.25) is 0 Å². The molecule has 0 amide bonds. The lowest BCUT2D eigenvalue weighted by Gasteiger charge is -2.11. The largest absolute Gasteiger partial charge is 0.494 e. The Morgan fingerprint density at radius 3 is 2.41 bits per heavy atom. The highest BCUT2D eigenvalue weighted by atomic mass is 35.5. The van der Waals surface area contributed by atoms with Gasteiger partial charge in [-0.2, -0.15) is 0 Å². The van der Waals surface area contributed by atoms with Gasteiger partial charge in [-0.15, -0.1) is 0 Å². The standard InChI is InChI=1S/C23H21ClN2O/c24-19-11-13-20(14-12-19)27-16-6-15-26-22-10-5-4-9-21(22)25-23(26)17-18-7-2-1-3-8-18/h1-5,7-14H,6,15-17H2. The second kappa shape index (κ2) is 8.28. The zero-order chi connectivity index (χ0) is 18.5. The van der Waals surface area contributed by atoms with Crippen molar-refractivity contribution in [2.45, 2.75) is 19.4 Å². The van der Waals surface area contributed by atoms with Crippen molar-refractivity contribution in [1.82, 2.24) is 9.55 Å². The fraction of sp³-hybridized carbons (Fsp3) is 0.174. The van der Waals surface area contributed by atoms with Crippen molar-refractivity contribution >= 4 is 22.6 Å². The summed E-state index contributed by atoms with van der Waals surface area (Å²) < 4.78 is 8.15. The van der Waals surface area contributed by atoms with Crippen LogP contribution in [0.4, 0.5) is 0 Å². The van der Waals surface area contributed by atoms with E-state index < -0.39 is 0 Å². The number of rotatable bonds is 7. The number of para-hydroxylation sites is 2. The molecule has 0 N–H and O–H groups in total. The van der Waals surface area contributed by atoms with Crippen molar-refractivity contribution in [3.8, 4) is 5.75 Å². The average molecular weight is 377 g/mol. The van der Waals surface area contributed by atoms with E-state index in [0.717, 1.165) is 41.5 Å². The number of nitrogens with zero attached hydrogens (tertiary/aromatic N) is 2. The van der Waals surface area contributed by atoms with Crippen LogP contribution >= 0.6 is 11.6 Å². The van der Waals surface area contributed by atoms with Gasteiger partial charge in [0.05, 0.1) is 17.6 Å². The highest BCUT2D eigenvalue weighted by Crippen LogP contribution is 2.20. The molecule has 0 unspecified atom stereocenters. The van der Waals surface area contributed by atoms with Crippen molar-refractivity contribution < 1.29 is 4.74 Å². The van der Waals surface area contributed by atoms with E-state index in [2.05, 4.69) is 47.0 Å². The van der Waals surface area contributed by atoms with Gasteiger partial charge in [0, 0.05) is 18.0 Å². The average Bonchev–Trinajstić information content (AvgIpc) is 3.04. The molecule has 0 spiro atoms. The van der Waals surface area contributed by atoms with Crippen LogP contribution in [0.3, 0.4) is 0 Å². The first-order chi connectivity index (χ1) is 13.3. The van der Waals surface area contributed by atoms with Gasteiger partial charge in [-0.1, -0.05) is 54.1 Å². The van der Waals surface area contributed by atoms with Crippen LogP contribution in [-0.4, -0.2) is 16.2 Å². The summed E-state index contributed by atoms with van der Waals surface area (Å²) in [4.78, 5) is 4.86. The van der Waals surface area contributed by atoms with Gasteiger partial charge in [-0.25, -0.2) is 4.98 Å². The molecule has 0 aliphatic heterocycles. The van der Waals surface area contributed by atoms with Crippen LogP contribution in [0.25, 0.3) is 11.0 Å². The summed E-state index contributed by atoms with van der Waals surface area (Å²) >= 11 is 5.91. The molecule has 4 aromatic rings. The molecule has 0 atom stereocenters. The number of benzene rings is 3. The minimum Gasteiger partial charge on any atom is -0.494 e. The molecule has 0 bridgehead atoms. The second-order valence-electron chi connectivity index (χ2n) is 6.49. The molecule has 136 valence electrons. The maximum absolute atomic E-state index is 5.91. The fourth-order valence-corrected chi connectivity index (χ4v) is 3.36. The van der Waals surface area contributed by atoms with Gasteiger partial charge in [0.25, 0.3) is 0 Å². The number of hydrogen-bond donors (Lipinski definition) is 0. The summed E-state index contributed by atoms with van der Waals surface area (Å²) in [6, 6.07) is 26.3. The molecule has 0 fully saturated rings. The van der Waals surface area contributed by atoms with Gasteiger partial charge in [0.1, 0.15) is 11.6 Å². The molecular weight excluding hydrogens is 356 g/mol. The van der Waals surface area contributed by atoms with E-state index in [9.17, 15) is 0 Å². The second-order valence-corrected chi connectivity index (χ2v) is 6.92. The first-order valence-corrected chi connectivity index (χ1v) is 9.54. The number of halogens is 1. The lowest BCUT2D eigenvalue weighted by Crippen LogP contribution is -2.08. The molecule has 3 nitrogen and oxygen atoms in total. The molecule has 1 heterocycles. The molecule has 0 saturated carbocycles. The number of aryl methyl sites for hydroxylation is 1. The molecule has 0 aliphatic rings. The minimum absolute atomic E-state index is 0.652. The van der Waals surface area contributed by atoms with Crippen molar-refractivity contribution in [3.63, 3.8) is 0 Å². The van der Waals surface area contributed by atoms with E-state index in [0.29, 0.717) is 6.61 Å². The van der Waals surface area contributed by atoms with E-state index in [1.807, 2.05) is 36.4 Å². The third-order valence-electron chi connectivity index (χ3n) is 4.55. The zero-order valence-electron chi connectivity index (χ0n) is 15.0. The van der Waals surface area contributed by atoms with Crippen molar-refractivity contribution in [2.75, 3.05) is 6.61 Å². The molecule has 0 radical (unpaired) electrons. The fourth-order valence-electron chi connectivity index (χ4n) is 3.23. The topological polar surface area (TPSA) is 27.1 Å². The van der Waals surface area contributed by atoms with Crippen LogP contribution < -0.4 is 4.74 Å². The van der Waals surface area contributed by atoms with E-state index >= 15 is 0 Å². The van der Waals surface area contributed by atoms with E-state index in [4.69, 9.17) is 21.3 Å². The third-order valence-corrected chi connectivity index (χ3v) is 4.80. The summed E-state index contributed by atoms with van der Waals surface area (Å²) in [5.41, 5.74) is 3.49. The molecule has 4 rings (SSSR count). The molecule has 0 aliphatic carbocycles. The van der Waals surface area contributed by atoms with Crippen LogP contribution in [0.1, 0.15) is 17.8 Å². The summed E-state index contributed by atoms with van der Waals surface area (Å²) in [5, 5.41) is 0.720. The van der Waals surface area contributed by atoms with Crippen LogP contribution in [0.5, 0.6) is 5.75 Å². The minimum atomic E-state index is 0.652. The Morgan fingerprint density at radius 1 is 0.852 bits per heavy atom. The number of imidazole rings is 1. The van der Waals surface area contributed by atoms with Gasteiger partial charge >= 0.3 is 0 Å². The first-order valence-electron chi connectivity index (χ1n) is 9.16. The third kappa shape index (κ3) is 4.32. The summed E-state index contributed by atoms with van der Waals surface area (Å²) in [5.74, 6) is 1.94. The first kappa shape index (κ1) is 17.6. The van der Waals surface area contributed by atoms with Gasteiger partial charge < -0.3 is 9.30 Å². The summed E-state index contributed by atoms with van der Waals surface area (Å²) in [6.45, 7) is 1.52. The Labute approximate surface area is 164 Å². The lowest BCUT2D eigenvalue weighted by molar-refractivity contribution is 0.302. The zero-order valence-corrected chi connectivity index (χ0v) is 15.8. The van der Waals surface area contributed by atoms with E-state index in [1.54, 1.807) is 0 Å². The van der Waals surface area contributed by atoms with Gasteiger partial charge in [-0.3, -0.25) is 0 Å². The Bertz CT molecular complexity index is 1010. The van der Waals surface area contributed by atoms with Crippen molar-refractivity contribution in [1.29, 1.82) is 0 Å². The predicted octanol–water partition coefficient (Wildman–Crippen LogP) is 5.75. The molecule has 27 heavy (non-hydrogen) atoms. The quantitative estimate of drug-likeness (QED) is 0.384. The number of aromatic nitrogens is 2. The number of hydrogen-bond acceptors (Lipinski definition) is 2. The predicted molar refractivity (Wildman–Crippen MR) is 111 cm³/mol. The maximum atomic E-state index is 5.91. The van der Waals surface area contributed by atoms with Crippen molar-refractivity contribution in [3.05, 3.63) is 95.3 Å². The van der Waals surface area contributed by atoms with Gasteiger partial charge in [-0.05, 0) is 48.4 Å². The maximum Gasteiger partial charge on any atom is 0.119 e. The molecule has 3 aromatic carbocycles. The summed E-state index contributed by atoms with van der Waals surface area (Å²) in [6.07, 6.45) is 1.73. The highest BCUT2D eigenvalue weighted by Gasteiger charge is 2.11. The molecular formula is C23H21ClN2O. The summed E-state index contributed by atoms with van der Waals surface area (Å²) in [7, 11) is 0. The number of ether oxygens (including phenoxy) is 1. The monoisotopic (exact) mass is 376 g/mol. The Kier molecular flexibility index (Phi) is 5.40. The van der Waals surface area contributed by atoms with Crippen LogP contribution in [0.15, 0.2) is 78.9 Å². The molecule has 0 saturated heterocycles. The highest BCUT2D eigenvalue weighted by molar-refractivity contribution is 6.30. The van der Waals surface area contributed by atoms with E-state index in [1.165, 1.54) is 11.1 Å². The Balaban J connectivity index is 1.47. The van der Waals surface area contributed by atoms with E-state index in [-0.39, 0.29) is 0 Å². The number of fused-ring (bicyclic) bond motifs is 1. The smallest absolute Gasteiger partial charge is 0.119 e. The lowest BCUT2D eigenvalue weighted by atomic mass is 10.1. The molecule has 4 heteroatoms. The van der Waals surface area contributed by atoms with Crippen LogP contribution in [0, 0.1) is 0 Å². The Hall–Kier alpha value is -2.78. The van der Waals surface area contributed by atoms with Crippen molar-refractivity contribution in [2.24, 2.45) is 0 Å². The molecule has 1 aromatic heterocycles.